The van der Waals surface area contributed by atoms with Crippen LogP contribution in [0.25, 0.3) is 0 Å². The SMILES string of the molecule is CC1(C)NC(=O)N(CC(=O)NC2C3CCCC2CC(N)C3)C1=O.Cl. The minimum Gasteiger partial charge on any atom is -0.351 e. The van der Waals surface area contributed by atoms with E-state index in [1.54, 1.807) is 13.8 Å². The monoisotopic (exact) mass is 358 g/mol. The predicted octanol–water partition coefficient (Wildman–Crippen LogP) is 0.761. The molecule has 136 valence electrons. The molecule has 1 heterocycles. The molecule has 8 heteroatoms. The quantitative estimate of drug-likeness (QED) is 0.648. The number of fused-ring (bicyclic) bond motifs is 2. The highest BCUT2D eigenvalue weighted by Gasteiger charge is 2.45. The highest BCUT2D eigenvalue weighted by molar-refractivity contribution is 6.08. The van der Waals surface area contributed by atoms with Gasteiger partial charge in [-0.15, -0.1) is 12.4 Å². The first-order valence-corrected chi connectivity index (χ1v) is 8.47. The van der Waals surface area contributed by atoms with E-state index >= 15 is 0 Å². The second-order valence-electron chi connectivity index (χ2n) is 7.72. The maximum Gasteiger partial charge on any atom is 0.325 e. The van der Waals surface area contributed by atoms with Gasteiger partial charge in [0.1, 0.15) is 12.1 Å². The number of hydrogen-bond donors (Lipinski definition) is 3. The Morgan fingerprint density at radius 3 is 2.38 bits per heavy atom. The molecule has 4 amide bonds. The van der Waals surface area contributed by atoms with E-state index in [0.717, 1.165) is 30.6 Å². The topological polar surface area (TPSA) is 105 Å². The van der Waals surface area contributed by atoms with Gasteiger partial charge in [-0.05, 0) is 51.4 Å². The van der Waals surface area contributed by atoms with Crippen LogP contribution in [-0.2, 0) is 9.59 Å². The number of imide groups is 1. The number of amides is 4. The summed E-state index contributed by atoms with van der Waals surface area (Å²) in [6.45, 7) is 3.06. The molecular formula is C16H27ClN4O3. The molecule has 0 aromatic heterocycles. The molecule has 1 aliphatic heterocycles. The lowest BCUT2D eigenvalue weighted by molar-refractivity contribution is -0.134. The van der Waals surface area contributed by atoms with Crippen LogP contribution in [0.1, 0.15) is 46.0 Å². The fourth-order valence-corrected chi connectivity index (χ4v) is 4.36. The second kappa shape index (κ2) is 6.88. The fourth-order valence-electron chi connectivity index (χ4n) is 4.36. The molecule has 2 atom stereocenters. The van der Waals surface area contributed by atoms with Crippen LogP contribution in [0.2, 0.25) is 0 Å². The van der Waals surface area contributed by atoms with E-state index in [2.05, 4.69) is 10.6 Å². The molecule has 3 fully saturated rings. The Labute approximate surface area is 148 Å². The number of hydrogen-bond acceptors (Lipinski definition) is 4. The van der Waals surface area contributed by atoms with Crippen molar-refractivity contribution in [3.63, 3.8) is 0 Å². The van der Waals surface area contributed by atoms with E-state index in [1.807, 2.05) is 0 Å². The van der Waals surface area contributed by atoms with Gasteiger partial charge in [0.2, 0.25) is 5.91 Å². The average Bonchev–Trinajstić information content (AvgIpc) is 2.62. The Morgan fingerprint density at radius 1 is 1.29 bits per heavy atom. The number of carbonyl (C=O) groups excluding carboxylic acids is 3. The third kappa shape index (κ3) is 3.52. The van der Waals surface area contributed by atoms with Crippen LogP contribution in [0.5, 0.6) is 0 Å². The van der Waals surface area contributed by atoms with Crippen molar-refractivity contribution in [1.82, 2.24) is 15.5 Å². The Hall–Kier alpha value is -1.34. The molecule has 2 saturated carbocycles. The van der Waals surface area contributed by atoms with E-state index in [1.165, 1.54) is 6.42 Å². The van der Waals surface area contributed by atoms with Crippen LogP contribution < -0.4 is 16.4 Å². The van der Waals surface area contributed by atoms with Crippen LogP contribution in [0.4, 0.5) is 4.79 Å². The highest BCUT2D eigenvalue weighted by Crippen LogP contribution is 2.39. The number of urea groups is 1. The summed E-state index contributed by atoms with van der Waals surface area (Å²) in [6.07, 6.45) is 5.25. The zero-order chi connectivity index (χ0) is 16.8. The van der Waals surface area contributed by atoms with Gasteiger partial charge >= 0.3 is 6.03 Å². The zero-order valence-corrected chi connectivity index (χ0v) is 15.0. The smallest absolute Gasteiger partial charge is 0.325 e. The molecular weight excluding hydrogens is 332 g/mol. The van der Waals surface area contributed by atoms with Crippen molar-refractivity contribution in [1.29, 1.82) is 0 Å². The minimum atomic E-state index is -0.939. The van der Waals surface area contributed by atoms with Crippen LogP contribution >= 0.6 is 12.4 Å². The molecule has 7 nitrogen and oxygen atoms in total. The maximum absolute atomic E-state index is 12.4. The van der Waals surface area contributed by atoms with Gasteiger partial charge in [0, 0.05) is 12.1 Å². The van der Waals surface area contributed by atoms with E-state index in [0.29, 0.717) is 11.8 Å². The molecule has 0 radical (unpaired) electrons. The van der Waals surface area contributed by atoms with E-state index < -0.39 is 11.6 Å². The van der Waals surface area contributed by atoms with E-state index in [9.17, 15) is 14.4 Å². The van der Waals surface area contributed by atoms with Gasteiger partial charge in [-0.2, -0.15) is 0 Å². The molecule has 24 heavy (non-hydrogen) atoms. The summed E-state index contributed by atoms with van der Waals surface area (Å²) >= 11 is 0. The number of rotatable bonds is 3. The summed E-state index contributed by atoms with van der Waals surface area (Å²) in [5.41, 5.74) is 5.16. The van der Waals surface area contributed by atoms with Crippen molar-refractivity contribution in [2.45, 2.75) is 63.6 Å². The van der Waals surface area contributed by atoms with Crippen molar-refractivity contribution < 1.29 is 14.4 Å². The fraction of sp³-hybridized carbons (Fsp3) is 0.812. The lowest BCUT2D eigenvalue weighted by Gasteiger charge is -2.45. The summed E-state index contributed by atoms with van der Waals surface area (Å²) in [5, 5.41) is 5.66. The van der Waals surface area contributed by atoms with Crippen molar-refractivity contribution in [2.75, 3.05) is 6.54 Å². The number of nitrogens with two attached hydrogens (primary N) is 1. The van der Waals surface area contributed by atoms with Crippen molar-refractivity contribution >= 4 is 30.3 Å². The minimum absolute atomic E-state index is 0. The summed E-state index contributed by atoms with van der Waals surface area (Å²) in [4.78, 5) is 37.4. The van der Waals surface area contributed by atoms with Gasteiger partial charge in [0.25, 0.3) is 5.91 Å². The molecule has 1 saturated heterocycles. The van der Waals surface area contributed by atoms with Gasteiger partial charge in [0.05, 0.1) is 0 Å². The molecule has 3 rings (SSSR count). The first-order valence-electron chi connectivity index (χ1n) is 8.47. The third-order valence-electron chi connectivity index (χ3n) is 5.45. The van der Waals surface area contributed by atoms with E-state index in [4.69, 9.17) is 5.73 Å². The second-order valence-corrected chi connectivity index (χ2v) is 7.72. The summed E-state index contributed by atoms with van der Waals surface area (Å²) in [6, 6.07) is -0.143. The van der Waals surface area contributed by atoms with Crippen molar-refractivity contribution in [3.05, 3.63) is 0 Å². The molecule has 0 aromatic rings. The third-order valence-corrected chi connectivity index (χ3v) is 5.45. The molecule has 3 aliphatic rings. The summed E-state index contributed by atoms with van der Waals surface area (Å²) < 4.78 is 0. The van der Waals surface area contributed by atoms with Crippen LogP contribution in [0.15, 0.2) is 0 Å². The first kappa shape index (κ1) is 19.0. The van der Waals surface area contributed by atoms with Crippen LogP contribution in [0, 0.1) is 11.8 Å². The Kier molecular flexibility index (Phi) is 5.44. The average molecular weight is 359 g/mol. The number of nitrogens with zero attached hydrogens (tertiary/aromatic N) is 1. The zero-order valence-electron chi connectivity index (χ0n) is 14.2. The Bertz CT molecular complexity index is 525. The number of carbonyl (C=O) groups is 3. The normalized spacial score (nSPS) is 34.4. The van der Waals surface area contributed by atoms with E-state index in [-0.39, 0.29) is 42.8 Å². The first-order chi connectivity index (χ1) is 10.8. The largest absolute Gasteiger partial charge is 0.351 e. The molecule has 2 aliphatic carbocycles. The molecule has 0 aromatic carbocycles. The maximum atomic E-state index is 12.4. The highest BCUT2D eigenvalue weighted by atomic mass is 35.5. The van der Waals surface area contributed by atoms with Crippen LogP contribution in [0.3, 0.4) is 0 Å². The van der Waals surface area contributed by atoms with Gasteiger partial charge in [0.15, 0.2) is 0 Å². The Balaban J connectivity index is 0.00000208. The van der Waals surface area contributed by atoms with Gasteiger partial charge in [-0.1, -0.05) is 6.42 Å². The summed E-state index contributed by atoms with van der Waals surface area (Å²) in [7, 11) is 0. The lowest BCUT2D eigenvalue weighted by atomic mass is 9.67. The standard InChI is InChI=1S/C16H26N4O3.ClH/c1-16(2)14(22)20(15(23)19-16)8-12(21)18-13-9-4-3-5-10(13)7-11(17)6-9;/h9-11,13H,3-8,17H2,1-2H3,(H,18,21)(H,19,23);1H. The number of halogens is 1. The molecule has 2 unspecified atom stereocenters. The van der Waals surface area contributed by atoms with Gasteiger partial charge < -0.3 is 16.4 Å². The number of nitrogens with one attached hydrogen (secondary N) is 2. The Morgan fingerprint density at radius 2 is 1.88 bits per heavy atom. The van der Waals surface area contributed by atoms with Crippen molar-refractivity contribution in [3.8, 4) is 0 Å². The molecule has 4 N–H and O–H groups in total. The lowest BCUT2D eigenvalue weighted by Crippen LogP contribution is -2.55. The molecule has 0 spiro atoms. The summed E-state index contributed by atoms with van der Waals surface area (Å²) in [5.74, 6) is 0.217. The van der Waals surface area contributed by atoms with Crippen LogP contribution in [-0.4, -0.2) is 46.9 Å². The van der Waals surface area contributed by atoms with Gasteiger partial charge in [-0.25, -0.2) is 4.79 Å². The predicted molar refractivity (Wildman–Crippen MR) is 91.5 cm³/mol. The van der Waals surface area contributed by atoms with Crippen molar-refractivity contribution in [2.24, 2.45) is 17.6 Å². The molecule has 2 bridgehead atoms. The van der Waals surface area contributed by atoms with Gasteiger partial charge in [-0.3, -0.25) is 14.5 Å².